The van der Waals surface area contributed by atoms with Crippen LogP contribution < -0.4 is 10.1 Å². The van der Waals surface area contributed by atoms with E-state index < -0.39 is 11.7 Å². The lowest BCUT2D eigenvalue weighted by atomic mass is 10.1. The number of nitriles is 1. The smallest absolute Gasteiger partial charge is 0.262 e. The largest absolute Gasteiger partial charge is 0.486 e. The fraction of sp³-hybridized carbons (Fsp3) is 0.0833. The summed E-state index contributed by atoms with van der Waals surface area (Å²) in [5.74, 6) is -0.719. The van der Waals surface area contributed by atoms with Crippen molar-refractivity contribution < 1.29 is 13.9 Å². The van der Waals surface area contributed by atoms with Gasteiger partial charge in [-0.25, -0.2) is 4.39 Å². The molecule has 0 heterocycles. The third kappa shape index (κ3) is 6.08. The zero-order valence-corrected chi connectivity index (χ0v) is 17.8. The summed E-state index contributed by atoms with van der Waals surface area (Å²) in [6, 6.07) is 20.5. The zero-order valence-electron chi connectivity index (χ0n) is 16.2. The first-order chi connectivity index (χ1) is 15.0. The zero-order chi connectivity index (χ0) is 22.2. The molecule has 4 nitrogen and oxygen atoms in total. The van der Waals surface area contributed by atoms with E-state index in [0.29, 0.717) is 17.7 Å². The van der Waals surface area contributed by atoms with Crippen molar-refractivity contribution in [1.29, 1.82) is 5.26 Å². The van der Waals surface area contributed by atoms with Crippen LogP contribution in [0.15, 0.2) is 72.3 Å². The van der Waals surface area contributed by atoms with E-state index in [2.05, 4.69) is 5.32 Å². The minimum Gasteiger partial charge on any atom is -0.486 e. The second-order valence-electron chi connectivity index (χ2n) is 6.53. The van der Waals surface area contributed by atoms with Gasteiger partial charge in [-0.15, -0.1) is 0 Å². The lowest BCUT2D eigenvalue weighted by molar-refractivity contribution is -0.117. The van der Waals surface area contributed by atoms with Crippen LogP contribution in [0, 0.1) is 17.1 Å². The van der Waals surface area contributed by atoms with E-state index in [4.69, 9.17) is 27.9 Å². The number of carbonyl (C=O) groups is 1. The van der Waals surface area contributed by atoms with Gasteiger partial charge in [-0.05, 0) is 35.4 Å². The van der Waals surface area contributed by atoms with Crippen molar-refractivity contribution in [1.82, 2.24) is 5.32 Å². The Labute approximate surface area is 189 Å². The molecule has 0 aromatic heterocycles. The predicted molar refractivity (Wildman–Crippen MR) is 119 cm³/mol. The number of nitrogens with zero attached hydrogens (tertiary/aromatic N) is 1. The van der Waals surface area contributed by atoms with Gasteiger partial charge in [0, 0.05) is 12.1 Å². The van der Waals surface area contributed by atoms with Gasteiger partial charge in [0.15, 0.2) is 5.75 Å². The monoisotopic (exact) mass is 454 g/mol. The van der Waals surface area contributed by atoms with Gasteiger partial charge in [-0.1, -0.05) is 71.7 Å². The first-order valence-corrected chi connectivity index (χ1v) is 10.0. The molecule has 1 amide bonds. The number of amides is 1. The molecule has 7 heteroatoms. The Morgan fingerprint density at radius 3 is 2.35 bits per heavy atom. The van der Waals surface area contributed by atoms with Gasteiger partial charge >= 0.3 is 0 Å². The summed E-state index contributed by atoms with van der Waals surface area (Å²) in [7, 11) is 0. The number of rotatable bonds is 7. The number of halogens is 3. The molecule has 0 atom stereocenters. The highest BCUT2D eigenvalue weighted by molar-refractivity contribution is 6.37. The van der Waals surface area contributed by atoms with Crippen LogP contribution in [0.4, 0.5) is 4.39 Å². The highest BCUT2D eigenvalue weighted by atomic mass is 35.5. The minimum absolute atomic E-state index is 0.0490. The average Bonchev–Trinajstić information content (AvgIpc) is 2.77. The van der Waals surface area contributed by atoms with E-state index in [9.17, 15) is 14.4 Å². The molecular weight excluding hydrogens is 438 g/mol. The highest BCUT2D eigenvalue weighted by Crippen LogP contribution is 2.35. The summed E-state index contributed by atoms with van der Waals surface area (Å²) >= 11 is 12.5. The number of ether oxygens (including phenoxy) is 1. The van der Waals surface area contributed by atoms with Crippen molar-refractivity contribution >= 4 is 35.2 Å². The summed E-state index contributed by atoms with van der Waals surface area (Å²) in [6.07, 6.45) is 1.39. The van der Waals surface area contributed by atoms with Crippen LogP contribution in [-0.4, -0.2) is 5.91 Å². The Morgan fingerprint density at radius 1 is 1.06 bits per heavy atom. The average molecular weight is 455 g/mol. The second kappa shape index (κ2) is 10.6. The Hall–Kier alpha value is -3.33. The van der Waals surface area contributed by atoms with Gasteiger partial charge in [0.2, 0.25) is 0 Å². The topological polar surface area (TPSA) is 62.1 Å². The fourth-order valence-electron chi connectivity index (χ4n) is 2.75. The van der Waals surface area contributed by atoms with Gasteiger partial charge in [0.05, 0.1) is 10.0 Å². The van der Waals surface area contributed by atoms with Crippen LogP contribution in [-0.2, 0) is 17.9 Å². The van der Waals surface area contributed by atoms with Gasteiger partial charge in [0.25, 0.3) is 5.91 Å². The van der Waals surface area contributed by atoms with Gasteiger partial charge in [-0.2, -0.15) is 5.26 Å². The van der Waals surface area contributed by atoms with Gasteiger partial charge in [0.1, 0.15) is 24.1 Å². The maximum absolute atomic E-state index is 13.8. The summed E-state index contributed by atoms with van der Waals surface area (Å²) in [5.41, 5.74) is 1.64. The summed E-state index contributed by atoms with van der Waals surface area (Å²) in [5, 5.41) is 12.4. The Balaban J connectivity index is 1.72. The molecule has 3 aromatic carbocycles. The molecule has 3 rings (SSSR count). The number of benzene rings is 3. The molecule has 0 fully saturated rings. The maximum Gasteiger partial charge on any atom is 0.262 e. The van der Waals surface area contributed by atoms with Gasteiger partial charge < -0.3 is 10.1 Å². The number of nitrogens with one attached hydrogen (secondary N) is 1. The molecule has 0 bridgehead atoms. The molecule has 31 heavy (non-hydrogen) atoms. The highest BCUT2D eigenvalue weighted by Gasteiger charge is 2.13. The first-order valence-electron chi connectivity index (χ1n) is 9.27. The Kier molecular flexibility index (Phi) is 7.66. The maximum atomic E-state index is 13.8. The molecule has 0 saturated heterocycles. The summed E-state index contributed by atoms with van der Waals surface area (Å²) in [4.78, 5) is 12.4. The van der Waals surface area contributed by atoms with Crippen LogP contribution in [0.2, 0.25) is 10.0 Å². The van der Waals surface area contributed by atoms with E-state index in [-0.39, 0.29) is 28.0 Å². The van der Waals surface area contributed by atoms with Crippen molar-refractivity contribution in [2.24, 2.45) is 0 Å². The fourth-order valence-corrected chi connectivity index (χ4v) is 3.37. The first kappa shape index (κ1) is 22.4. The molecular formula is C24H17Cl2FN2O2. The van der Waals surface area contributed by atoms with E-state index in [1.54, 1.807) is 18.2 Å². The third-order valence-electron chi connectivity index (χ3n) is 4.32. The molecule has 0 spiro atoms. The number of hydrogen-bond donors (Lipinski definition) is 1. The molecule has 0 aliphatic carbocycles. The van der Waals surface area contributed by atoms with Crippen molar-refractivity contribution in [2.75, 3.05) is 0 Å². The van der Waals surface area contributed by atoms with Crippen molar-refractivity contribution in [3.05, 3.63) is 105 Å². The molecule has 0 aliphatic rings. The van der Waals surface area contributed by atoms with Crippen LogP contribution in [0.5, 0.6) is 5.75 Å². The van der Waals surface area contributed by atoms with Crippen molar-refractivity contribution in [3.8, 4) is 11.8 Å². The lowest BCUT2D eigenvalue weighted by Crippen LogP contribution is -2.23. The Morgan fingerprint density at radius 2 is 1.71 bits per heavy atom. The van der Waals surface area contributed by atoms with E-state index in [1.807, 2.05) is 36.4 Å². The van der Waals surface area contributed by atoms with E-state index in [0.717, 1.165) is 5.56 Å². The SMILES string of the molecule is N#C/C(=C/c1cc(Cl)c(OCc2ccccc2F)c(Cl)c1)C(=O)NCc1ccccc1. The molecule has 3 aromatic rings. The molecule has 0 saturated carbocycles. The molecule has 1 N–H and O–H groups in total. The standard InChI is InChI=1S/C24H17Cl2FN2O2/c25-20-11-17(10-19(13-28)24(30)29-14-16-6-2-1-3-7-16)12-21(26)23(20)31-15-18-8-4-5-9-22(18)27/h1-12H,14-15H2,(H,29,30)/b19-10-. The Bertz CT molecular complexity index is 1130. The summed E-state index contributed by atoms with van der Waals surface area (Å²) < 4.78 is 19.4. The minimum atomic E-state index is -0.515. The quantitative estimate of drug-likeness (QED) is 0.355. The third-order valence-corrected chi connectivity index (χ3v) is 4.88. The molecule has 0 unspecified atom stereocenters. The predicted octanol–water partition coefficient (Wildman–Crippen LogP) is 5.93. The lowest BCUT2D eigenvalue weighted by Gasteiger charge is -2.11. The molecule has 0 aliphatic heterocycles. The second-order valence-corrected chi connectivity index (χ2v) is 7.35. The molecule has 156 valence electrons. The van der Waals surface area contributed by atoms with Crippen LogP contribution in [0.1, 0.15) is 16.7 Å². The van der Waals surface area contributed by atoms with Crippen molar-refractivity contribution in [3.63, 3.8) is 0 Å². The van der Waals surface area contributed by atoms with Crippen molar-refractivity contribution in [2.45, 2.75) is 13.2 Å². The summed E-state index contributed by atoms with van der Waals surface area (Å²) in [6.45, 7) is 0.246. The van der Waals surface area contributed by atoms with E-state index in [1.165, 1.54) is 24.3 Å². The van der Waals surface area contributed by atoms with Gasteiger partial charge in [-0.3, -0.25) is 4.79 Å². The normalized spacial score (nSPS) is 11.0. The van der Waals surface area contributed by atoms with Crippen LogP contribution in [0.25, 0.3) is 6.08 Å². The molecule has 0 radical (unpaired) electrons. The number of hydrogen-bond acceptors (Lipinski definition) is 3. The number of carbonyl (C=O) groups excluding carboxylic acids is 1. The van der Waals surface area contributed by atoms with Crippen LogP contribution in [0.3, 0.4) is 0 Å². The van der Waals surface area contributed by atoms with E-state index >= 15 is 0 Å². The van der Waals surface area contributed by atoms with Crippen LogP contribution >= 0.6 is 23.2 Å².